The second-order valence-corrected chi connectivity index (χ2v) is 5.41. The van der Waals surface area contributed by atoms with Crippen molar-refractivity contribution in [2.75, 3.05) is 19.6 Å². The van der Waals surface area contributed by atoms with E-state index in [2.05, 4.69) is 21.2 Å². The molecular weight excluding hydrogens is 318 g/mol. The Hall–Kier alpha value is -0.580. The van der Waals surface area contributed by atoms with E-state index in [0.29, 0.717) is 24.5 Å². The molecule has 0 bridgehead atoms. The van der Waals surface area contributed by atoms with E-state index in [4.69, 9.17) is 16.3 Å². The first-order valence-corrected chi connectivity index (χ1v) is 7.02. The van der Waals surface area contributed by atoms with Gasteiger partial charge in [-0.05, 0) is 37.1 Å². The predicted molar refractivity (Wildman–Crippen MR) is 77.3 cm³/mol. The Morgan fingerprint density at radius 2 is 2.22 bits per heavy atom. The third-order valence-electron chi connectivity index (χ3n) is 2.46. The molecule has 1 unspecified atom stereocenters. The Balaban J connectivity index is 2.73. The molecule has 0 aliphatic heterocycles. The van der Waals surface area contributed by atoms with E-state index in [1.54, 1.807) is 13.2 Å². The highest BCUT2D eigenvalue weighted by atomic mass is 79.9. The zero-order valence-corrected chi connectivity index (χ0v) is 12.8. The quantitative estimate of drug-likeness (QED) is 0.812. The number of methoxy groups -OCH3 is 1. The SMILES string of the molecule is COCC(CCCl)NC(=O)c1cc(C)cc(Br)c1. The molecule has 5 heteroatoms. The number of benzene rings is 1. The maximum Gasteiger partial charge on any atom is 0.251 e. The summed E-state index contributed by atoms with van der Waals surface area (Å²) in [6, 6.07) is 5.55. The highest BCUT2D eigenvalue weighted by Crippen LogP contribution is 2.15. The van der Waals surface area contributed by atoms with E-state index < -0.39 is 0 Å². The van der Waals surface area contributed by atoms with Crippen molar-refractivity contribution in [1.29, 1.82) is 0 Å². The van der Waals surface area contributed by atoms with Gasteiger partial charge in [-0.25, -0.2) is 0 Å². The van der Waals surface area contributed by atoms with Crippen LogP contribution in [0.3, 0.4) is 0 Å². The summed E-state index contributed by atoms with van der Waals surface area (Å²) in [4.78, 5) is 12.1. The Labute approximate surface area is 121 Å². The summed E-state index contributed by atoms with van der Waals surface area (Å²) >= 11 is 9.08. The fraction of sp³-hybridized carbons (Fsp3) is 0.462. The number of hydrogen-bond acceptors (Lipinski definition) is 2. The van der Waals surface area contributed by atoms with Gasteiger partial charge < -0.3 is 10.1 Å². The van der Waals surface area contributed by atoms with E-state index >= 15 is 0 Å². The van der Waals surface area contributed by atoms with Crippen LogP contribution in [0.15, 0.2) is 22.7 Å². The van der Waals surface area contributed by atoms with Crippen LogP contribution in [0.25, 0.3) is 0 Å². The average molecular weight is 335 g/mol. The molecule has 0 heterocycles. The maximum absolute atomic E-state index is 12.1. The number of alkyl halides is 1. The largest absolute Gasteiger partial charge is 0.383 e. The Kier molecular flexibility index (Phi) is 6.68. The zero-order valence-electron chi connectivity index (χ0n) is 10.5. The minimum Gasteiger partial charge on any atom is -0.383 e. The van der Waals surface area contributed by atoms with Crippen LogP contribution in [-0.2, 0) is 4.74 Å². The molecule has 1 aromatic carbocycles. The standard InChI is InChI=1S/C13H17BrClNO2/c1-9-5-10(7-11(14)6-9)13(17)16-12(3-4-15)8-18-2/h5-7,12H,3-4,8H2,1-2H3,(H,16,17). The highest BCUT2D eigenvalue weighted by Gasteiger charge is 2.13. The lowest BCUT2D eigenvalue weighted by atomic mass is 10.1. The van der Waals surface area contributed by atoms with Crippen molar-refractivity contribution in [1.82, 2.24) is 5.32 Å². The molecule has 0 aromatic heterocycles. The summed E-state index contributed by atoms with van der Waals surface area (Å²) in [6.45, 7) is 2.42. The van der Waals surface area contributed by atoms with Gasteiger partial charge in [0.25, 0.3) is 5.91 Å². The number of hydrogen-bond donors (Lipinski definition) is 1. The lowest BCUT2D eigenvalue weighted by Crippen LogP contribution is -2.38. The number of rotatable bonds is 6. The van der Waals surface area contributed by atoms with Crippen LogP contribution in [0.2, 0.25) is 0 Å². The Morgan fingerprint density at radius 3 is 2.78 bits per heavy atom. The number of nitrogens with one attached hydrogen (secondary N) is 1. The van der Waals surface area contributed by atoms with Crippen LogP contribution in [0.1, 0.15) is 22.3 Å². The van der Waals surface area contributed by atoms with Gasteiger partial charge in [-0.1, -0.05) is 15.9 Å². The third kappa shape index (κ3) is 4.96. The van der Waals surface area contributed by atoms with Crippen LogP contribution in [0.4, 0.5) is 0 Å². The van der Waals surface area contributed by atoms with Gasteiger partial charge in [0.2, 0.25) is 0 Å². The molecule has 1 aromatic rings. The zero-order chi connectivity index (χ0) is 13.5. The minimum absolute atomic E-state index is 0.0562. The molecule has 18 heavy (non-hydrogen) atoms. The summed E-state index contributed by atoms with van der Waals surface area (Å²) in [5, 5.41) is 2.92. The molecule has 0 aliphatic carbocycles. The summed E-state index contributed by atoms with van der Waals surface area (Å²) < 4.78 is 5.95. The Morgan fingerprint density at radius 1 is 1.50 bits per heavy atom. The van der Waals surface area contributed by atoms with Crippen molar-refractivity contribution in [3.05, 3.63) is 33.8 Å². The lowest BCUT2D eigenvalue weighted by molar-refractivity contribution is 0.0895. The number of carbonyl (C=O) groups is 1. The summed E-state index contributed by atoms with van der Waals surface area (Å²) in [5.74, 6) is 0.387. The molecule has 0 radical (unpaired) electrons. The highest BCUT2D eigenvalue weighted by molar-refractivity contribution is 9.10. The molecular formula is C13H17BrClNO2. The first-order chi connectivity index (χ1) is 8.56. The number of ether oxygens (including phenoxy) is 1. The molecule has 0 spiro atoms. The van der Waals surface area contributed by atoms with Crippen molar-refractivity contribution >= 4 is 33.4 Å². The van der Waals surface area contributed by atoms with E-state index in [0.717, 1.165) is 10.0 Å². The van der Waals surface area contributed by atoms with Gasteiger partial charge in [-0.3, -0.25) is 4.79 Å². The fourth-order valence-corrected chi connectivity index (χ4v) is 2.54. The second kappa shape index (κ2) is 7.77. The second-order valence-electron chi connectivity index (χ2n) is 4.12. The summed E-state index contributed by atoms with van der Waals surface area (Å²) in [5.41, 5.74) is 1.67. The van der Waals surface area contributed by atoms with Crippen LogP contribution in [0.5, 0.6) is 0 Å². The maximum atomic E-state index is 12.1. The first kappa shape index (κ1) is 15.5. The van der Waals surface area contributed by atoms with E-state index in [-0.39, 0.29) is 11.9 Å². The first-order valence-electron chi connectivity index (χ1n) is 5.69. The normalized spacial score (nSPS) is 12.2. The van der Waals surface area contributed by atoms with Crippen LogP contribution in [-0.4, -0.2) is 31.5 Å². The smallest absolute Gasteiger partial charge is 0.251 e. The van der Waals surface area contributed by atoms with Gasteiger partial charge in [-0.15, -0.1) is 11.6 Å². The molecule has 1 rings (SSSR count). The monoisotopic (exact) mass is 333 g/mol. The molecule has 1 amide bonds. The average Bonchev–Trinajstić information content (AvgIpc) is 2.28. The Bertz CT molecular complexity index is 386. The number of halogens is 2. The van der Waals surface area contributed by atoms with E-state index in [1.807, 2.05) is 19.1 Å². The number of aryl methyl sites for hydroxylation is 1. The van der Waals surface area contributed by atoms with Gasteiger partial charge in [0.1, 0.15) is 0 Å². The summed E-state index contributed by atoms with van der Waals surface area (Å²) in [7, 11) is 1.61. The van der Waals surface area contributed by atoms with E-state index in [9.17, 15) is 4.79 Å². The number of carbonyl (C=O) groups excluding carboxylic acids is 1. The van der Waals surface area contributed by atoms with Gasteiger partial charge in [0, 0.05) is 23.0 Å². The van der Waals surface area contributed by atoms with Gasteiger partial charge >= 0.3 is 0 Å². The molecule has 1 N–H and O–H groups in total. The third-order valence-corrected chi connectivity index (χ3v) is 3.14. The van der Waals surface area contributed by atoms with Crippen LogP contribution in [0, 0.1) is 6.92 Å². The van der Waals surface area contributed by atoms with Gasteiger partial charge in [0.05, 0.1) is 12.6 Å². The predicted octanol–water partition coefficient (Wildman–Crippen LogP) is 3.13. The van der Waals surface area contributed by atoms with Gasteiger partial charge in [-0.2, -0.15) is 0 Å². The van der Waals surface area contributed by atoms with Crippen molar-refractivity contribution in [3.8, 4) is 0 Å². The fourth-order valence-electron chi connectivity index (χ4n) is 1.67. The summed E-state index contributed by atoms with van der Waals surface area (Å²) in [6.07, 6.45) is 0.689. The topological polar surface area (TPSA) is 38.3 Å². The molecule has 0 aliphatic rings. The van der Waals surface area contributed by atoms with E-state index in [1.165, 1.54) is 0 Å². The lowest BCUT2D eigenvalue weighted by Gasteiger charge is -2.17. The van der Waals surface area contributed by atoms with Crippen molar-refractivity contribution < 1.29 is 9.53 Å². The molecule has 100 valence electrons. The molecule has 3 nitrogen and oxygen atoms in total. The molecule has 0 saturated heterocycles. The van der Waals surface area contributed by atoms with Crippen LogP contribution >= 0.6 is 27.5 Å². The number of amides is 1. The van der Waals surface area contributed by atoms with Crippen LogP contribution < -0.4 is 5.32 Å². The molecule has 0 fully saturated rings. The molecule has 1 atom stereocenters. The van der Waals surface area contributed by atoms with Crippen molar-refractivity contribution in [2.24, 2.45) is 0 Å². The van der Waals surface area contributed by atoms with Crippen molar-refractivity contribution in [2.45, 2.75) is 19.4 Å². The van der Waals surface area contributed by atoms with Gasteiger partial charge in [0.15, 0.2) is 0 Å². The minimum atomic E-state index is -0.105. The van der Waals surface area contributed by atoms with Crippen molar-refractivity contribution in [3.63, 3.8) is 0 Å². The molecule has 0 saturated carbocycles.